The average Bonchev–Trinajstić information content (AvgIpc) is 3.05. The first kappa shape index (κ1) is 15.9. The lowest BCUT2D eigenvalue weighted by atomic mass is 10.1. The van der Waals surface area contributed by atoms with Crippen LogP contribution in [0.1, 0.15) is 45.9 Å². The summed E-state index contributed by atoms with van der Waals surface area (Å²) in [5, 5.41) is 0. The molecule has 1 aliphatic heterocycles. The number of nitrogens with zero attached hydrogens (tertiary/aromatic N) is 1. The smallest absolute Gasteiger partial charge is 0.410 e. The quantitative estimate of drug-likeness (QED) is 0.926. The molecule has 21 heavy (non-hydrogen) atoms. The summed E-state index contributed by atoms with van der Waals surface area (Å²) < 4.78 is 11.3. The van der Waals surface area contributed by atoms with Gasteiger partial charge in [0.1, 0.15) is 5.60 Å². The zero-order valence-electron chi connectivity index (χ0n) is 13.4. The molecule has 1 aromatic heterocycles. The van der Waals surface area contributed by atoms with E-state index in [-0.39, 0.29) is 12.2 Å². The minimum Gasteiger partial charge on any atom is -0.444 e. The molecule has 0 aliphatic carbocycles. The molecule has 0 bridgehead atoms. The van der Waals surface area contributed by atoms with Gasteiger partial charge in [-0.25, -0.2) is 4.79 Å². The molecule has 0 unspecified atom stereocenters. The Bertz CT molecular complexity index is 451. The van der Waals surface area contributed by atoms with Gasteiger partial charge in [0, 0.05) is 30.9 Å². The lowest BCUT2D eigenvalue weighted by molar-refractivity contribution is 0.0229. The molecule has 5 nitrogen and oxygen atoms in total. The molecule has 2 heterocycles. The van der Waals surface area contributed by atoms with Gasteiger partial charge in [0.2, 0.25) is 0 Å². The number of amides is 1. The number of aromatic amines is 1. The second-order valence-corrected chi connectivity index (χ2v) is 6.68. The maximum atomic E-state index is 12.0. The van der Waals surface area contributed by atoms with Gasteiger partial charge in [0.15, 0.2) is 0 Å². The SMILES string of the molecule is C[C@@H](OC[C@@H]1CCN(C(=O)OC(C)(C)C)C1)c1ccc[nH]1. The summed E-state index contributed by atoms with van der Waals surface area (Å²) in [4.78, 5) is 16.9. The highest BCUT2D eigenvalue weighted by Crippen LogP contribution is 2.22. The van der Waals surface area contributed by atoms with Gasteiger partial charge in [-0.3, -0.25) is 0 Å². The predicted octanol–water partition coefficient (Wildman–Crippen LogP) is 3.35. The Labute approximate surface area is 126 Å². The summed E-state index contributed by atoms with van der Waals surface area (Å²) in [6.45, 7) is 9.83. The standard InChI is InChI=1S/C16H26N2O3/c1-12(14-6-5-8-17-14)20-11-13-7-9-18(10-13)15(19)21-16(2,3)4/h5-6,8,12-13,17H,7,9-11H2,1-4H3/t12-,13-/m1/s1. The van der Waals surface area contributed by atoms with Crippen molar-refractivity contribution in [3.63, 3.8) is 0 Å². The largest absolute Gasteiger partial charge is 0.444 e. The minimum absolute atomic E-state index is 0.0515. The molecule has 0 aromatic carbocycles. The van der Waals surface area contributed by atoms with Gasteiger partial charge in [0.05, 0.1) is 12.7 Å². The molecular formula is C16H26N2O3. The van der Waals surface area contributed by atoms with E-state index < -0.39 is 5.60 Å². The third-order valence-electron chi connectivity index (χ3n) is 3.58. The van der Waals surface area contributed by atoms with Crippen LogP contribution < -0.4 is 0 Å². The van der Waals surface area contributed by atoms with Crippen molar-refractivity contribution in [3.05, 3.63) is 24.0 Å². The molecule has 0 saturated carbocycles. The highest BCUT2D eigenvalue weighted by Gasteiger charge is 2.30. The van der Waals surface area contributed by atoms with Crippen molar-refractivity contribution in [1.29, 1.82) is 0 Å². The summed E-state index contributed by atoms with van der Waals surface area (Å²) in [5.41, 5.74) is 0.644. The molecular weight excluding hydrogens is 268 g/mol. The van der Waals surface area contributed by atoms with Crippen molar-refractivity contribution in [2.75, 3.05) is 19.7 Å². The molecule has 0 radical (unpaired) electrons. The normalized spacial score (nSPS) is 20.6. The van der Waals surface area contributed by atoms with Crippen LogP contribution in [-0.2, 0) is 9.47 Å². The van der Waals surface area contributed by atoms with Crippen LogP contribution in [0.4, 0.5) is 4.79 Å². The van der Waals surface area contributed by atoms with Crippen molar-refractivity contribution >= 4 is 6.09 Å². The van der Waals surface area contributed by atoms with E-state index in [1.165, 1.54) is 0 Å². The molecule has 1 amide bonds. The van der Waals surface area contributed by atoms with E-state index in [1.54, 1.807) is 4.90 Å². The lowest BCUT2D eigenvalue weighted by Gasteiger charge is -2.24. The van der Waals surface area contributed by atoms with Crippen LogP contribution in [-0.4, -0.2) is 41.3 Å². The predicted molar refractivity (Wildman–Crippen MR) is 81.1 cm³/mol. The molecule has 1 saturated heterocycles. The van der Waals surface area contributed by atoms with Crippen LogP contribution in [0.25, 0.3) is 0 Å². The number of H-pyrrole nitrogens is 1. The number of rotatable bonds is 4. The van der Waals surface area contributed by atoms with Crippen LogP contribution in [0.15, 0.2) is 18.3 Å². The van der Waals surface area contributed by atoms with E-state index in [0.717, 1.165) is 18.7 Å². The fourth-order valence-corrected chi connectivity index (χ4v) is 2.43. The zero-order chi connectivity index (χ0) is 15.5. The van der Waals surface area contributed by atoms with Gasteiger partial charge < -0.3 is 19.4 Å². The van der Waals surface area contributed by atoms with Gasteiger partial charge in [0.25, 0.3) is 0 Å². The second kappa shape index (κ2) is 6.52. The highest BCUT2D eigenvalue weighted by molar-refractivity contribution is 5.68. The summed E-state index contributed by atoms with van der Waals surface area (Å²) in [5.74, 6) is 0.384. The summed E-state index contributed by atoms with van der Waals surface area (Å²) in [6.07, 6.45) is 2.70. The Morgan fingerprint density at radius 2 is 2.29 bits per heavy atom. The number of carbonyl (C=O) groups excluding carboxylic acids is 1. The Morgan fingerprint density at radius 3 is 2.90 bits per heavy atom. The first-order valence-corrected chi connectivity index (χ1v) is 7.58. The molecule has 0 spiro atoms. The molecule has 5 heteroatoms. The number of ether oxygens (including phenoxy) is 2. The Balaban J connectivity index is 1.74. The zero-order valence-corrected chi connectivity index (χ0v) is 13.4. The fourth-order valence-electron chi connectivity index (χ4n) is 2.43. The fraction of sp³-hybridized carbons (Fsp3) is 0.688. The van der Waals surface area contributed by atoms with Crippen molar-refractivity contribution in [2.24, 2.45) is 5.92 Å². The molecule has 2 rings (SSSR count). The average molecular weight is 294 g/mol. The van der Waals surface area contributed by atoms with Gasteiger partial charge in [-0.05, 0) is 46.2 Å². The number of aromatic nitrogens is 1. The van der Waals surface area contributed by atoms with Crippen LogP contribution in [0.3, 0.4) is 0 Å². The van der Waals surface area contributed by atoms with Crippen molar-refractivity contribution < 1.29 is 14.3 Å². The van der Waals surface area contributed by atoms with Gasteiger partial charge in [-0.2, -0.15) is 0 Å². The van der Waals surface area contributed by atoms with E-state index in [1.807, 2.05) is 46.0 Å². The van der Waals surface area contributed by atoms with E-state index in [4.69, 9.17) is 9.47 Å². The second-order valence-electron chi connectivity index (χ2n) is 6.68. The number of likely N-dealkylation sites (tertiary alicyclic amines) is 1. The highest BCUT2D eigenvalue weighted by atomic mass is 16.6. The summed E-state index contributed by atoms with van der Waals surface area (Å²) in [7, 11) is 0. The number of hydrogen-bond acceptors (Lipinski definition) is 3. The summed E-state index contributed by atoms with van der Waals surface area (Å²) in [6, 6.07) is 3.99. The topological polar surface area (TPSA) is 54.6 Å². The minimum atomic E-state index is -0.437. The first-order chi connectivity index (χ1) is 9.85. The molecule has 118 valence electrons. The van der Waals surface area contributed by atoms with Crippen LogP contribution in [0.5, 0.6) is 0 Å². The van der Waals surface area contributed by atoms with E-state index >= 15 is 0 Å². The molecule has 2 atom stereocenters. The summed E-state index contributed by atoms with van der Waals surface area (Å²) >= 11 is 0. The van der Waals surface area contributed by atoms with Gasteiger partial charge >= 0.3 is 6.09 Å². The van der Waals surface area contributed by atoms with Crippen LogP contribution >= 0.6 is 0 Å². The third-order valence-corrected chi connectivity index (χ3v) is 3.58. The van der Waals surface area contributed by atoms with Crippen molar-refractivity contribution in [3.8, 4) is 0 Å². The molecule has 1 N–H and O–H groups in total. The number of carbonyl (C=O) groups is 1. The number of hydrogen-bond donors (Lipinski definition) is 1. The molecule has 1 aromatic rings. The van der Waals surface area contributed by atoms with Crippen molar-refractivity contribution in [1.82, 2.24) is 9.88 Å². The van der Waals surface area contributed by atoms with Gasteiger partial charge in [-0.15, -0.1) is 0 Å². The van der Waals surface area contributed by atoms with Crippen LogP contribution in [0, 0.1) is 5.92 Å². The maximum absolute atomic E-state index is 12.0. The van der Waals surface area contributed by atoms with Gasteiger partial charge in [-0.1, -0.05) is 0 Å². The Kier molecular flexibility index (Phi) is 4.93. The third kappa shape index (κ3) is 4.77. The Morgan fingerprint density at radius 1 is 1.52 bits per heavy atom. The van der Waals surface area contributed by atoms with E-state index in [2.05, 4.69) is 4.98 Å². The maximum Gasteiger partial charge on any atom is 0.410 e. The molecule has 1 fully saturated rings. The lowest BCUT2D eigenvalue weighted by Crippen LogP contribution is -2.35. The van der Waals surface area contributed by atoms with E-state index in [0.29, 0.717) is 19.1 Å². The molecule has 1 aliphatic rings. The van der Waals surface area contributed by atoms with E-state index in [9.17, 15) is 4.79 Å². The first-order valence-electron chi connectivity index (χ1n) is 7.58. The number of nitrogens with one attached hydrogen (secondary N) is 1. The monoisotopic (exact) mass is 294 g/mol. The Hall–Kier alpha value is -1.49. The van der Waals surface area contributed by atoms with Crippen molar-refractivity contribution in [2.45, 2.75) is 45.8 Å². The van der Waals surface area contributed by atoms with Crippen LogP contribution in [0.2, 0.25) is 0 Å².